The van der Waals surface area contributed by atoms with Crippen molar-refractivity contribution < 1.29 is 34.3 Å². The van der Waals surface area contributed by atoms with E-state index in [1.165, 1.54) is 31.2 Å². The van der Waals surface area contributed by atoms with Crippen LogP contribution < -0.4 is 10.5 Å². The van der Waals surface area contributed by atoms with Crippen molar-refractivity contribution in [2.45, 2.75) is 13.3 Å². The van der Waals surface area contributed by atoms with Gasteiger partial charge in [-0.05, 0) is 43.7 Å². The molecule has 12 nitrogen and oxygen atoms in total. The van der Waals surface area contributed by atoms with Crippen LogP contribution in [0.1, 0.15) is 33.5 Å². The summed E-state index contributed by atoms with van der Waals surface area (Å²) in [5.74, 6) is -3.27. The molecule has 0 bridgehead atoms. The minimum atomic E-state index is -1.19. The zero-order valence-corrected chi connectivity index (χ0v) is 18.8. The van der Waals surface area contributed by atoms with E-state index >= 15 is 0 Å². The van der Waals surface area contributed by atoms with Gasteiger partial charge >= 0.3 is 17.6 Å². The van der Waals surface area contributed by atoms with E-state index in [-0.39, 0.29) is 47.2 Å². The predicted molar refractivity (Wildman–Crippen MR) is 123 cm³/mol. The summed E-state index contributed by atoms with van der Waals surface area (Å²) in [5.41, 5.74) is 5.13. The van der Waals surface area contributed by atoms with Crippen LogP contribution >= 0.6 is 11.3 Å². The first-order valence-corrected chi connectivity index (χ1v) is 10.6. The molecule has 1 aromatic carbocycles. The van der Waals surface area contributed by atoms with Gasteiger partial charge in [-0.1, -0.05) is 0 Å². The summed E-state index contributed by atoms with van der Waals surface area (Å²) in [6.07, 6.45) is 1.70. The molecule has 0 saturated heterocycles. The van der Waals surface area contributed by atoms with Gasteiger partial charge in [-0.3, -0.25) is 25.1 Å². The molecule has 0 atom stereocenters. The largest absolute Gasteiger partial charge is 0.480 e. The van der Waals surface area contributed by atoms with Gasteiger partial charge in [0, 0.05) is 35.2 Å². The van der Waals surface area contributed by atoms with Crippen LogP contribution in [-0.4, -0.2) is 63.4 Å². The number of amides is 1. The Kier molecular flexibility index (Phi) is 8.98. The van der Waals surface area contributed by atoms with Crippen molar-refractivity contribution in [1.29, 1.82) is 5.41 Å². The topological polar surface area (TPSA) is 197 Å². The van der Waals surface area contributed by atoms with Crippen LogP contribution in [0, 0.1) is 15.5 Å². The Hall–Kier alpha value is -4.10. The number of aliphatic carboxylic acids is 1. The van der Waals surface area contributed by atoms with Gasteiger partial charge in [0.1, 0.15) is 17.3 Å². The molecule has 34 heavy (non-hydrogen) atoms. The number of carboxylic acids is 1. The first kappa shape index (κ1) is 26.2. The van der Waals surface area contributed by atoms with Crippen LogP contribution in [-0.2, 0) is 9.59 Å². The van der Waals surface area contributed by atoms with Crippen molar-refractivity contribution >= 4 is 46.8 Å². The van der Waals surface area contributed by atoms with Gasteiger partial charge in [-0.2, -0.15) is 0 Å². The second kappa shape index (κ2) is 11.7. The Balaban J connectivity index is 2.19. The maximum atomic E-state index is 12.6. The van der Waals surface area contributed by atoms with E-state index in [9.17, 15) is 24.5 Å². The minimum absolute atomic E-state index is 0.0655. The fourth-order valence-corrected chi connectivity index (χ4v) is 3.69. The molecule has 0 spiro atoms. The average molecular weight is 490 g/mol. The molecule has 1 amide bonds. The number of nitrogen functional groups attached to an aromatic ring is 1. The lowest BCUT2D eigenvalue weighted by atomic mass is 10.1. The van der Waals surface area contributed by atoms with Crippen LogP contribution in [0.15, 0.2) is 35.9 Å². The molecule has 0 aliphatic heterocycles. The molecular weight excluding hydrogens is 468 g/mol. The number of aliphatic hydroxyl groups is 1. The summed E-state index contributed by atoms with van der Waals surface area (Å²) >= 11 is 0.970. The number of rotatable bonds is 11. The van der Waals surface area contributed by atoms with Crippen molar-refractivity contribution in [1.82, 2.24) is 4.90 Å². The summed E-state index contributed by atoms with van der Waals surface area (Å²) in [6.45, 7) is 0.842. The van der Waals surface area contributed by atoms with Gasteiger partial charge < -0.3 is 25.6 Å². The lowest BCUT2D eigenvalue weighted by molar-refractivity contribution is -0.385. The number of nitrogens with zero attached hydrogens (tertiary/aromatic N) is 2. The molecule has 2 aromatic rings. The average Bonchev–Trinajstić information content (AvgIpc) is 3.24. The normalized spacial score (nSPS) is 11.1. The third-order valence-corrected chi connectivity index (χ3v) is 5.41. The lowest BCUT2D eigenvalue weighted by Crippen LogP contribution is -2.37. The fraction of sp³-hybridized carbons (Fsp3) is 0.238. The van der Waals surface area contributed by atoms with E-state index in [2.05, 4.69) is 0 Å². The van der Waals surface area contributed by atoms with E-state index in [1.807, 2.05) is 0 Å². The first-order valence-electron chi connectivity index (χ1n) is 9.78. The van der Waals surface area contributed by atoms with E-state index in [0.717, 1.165) is 22.3 Å². The lowest BCUT2D eigenvalue weighted by Gasteiger charge is -2.20. The van der Waals surface area contributed by atoms with E-state index < -0.39 is 35.0 Å². The number of thiophene rings is 1. The predicted octanol–water partition coefficient (Wildman–Crippen LogP) is 1.86. The summed E-state index contributed by atoms with van der Waals surface area (Å²) < 4.78 is 5.15. The number of aliphatic hydroxyl groups excluding tert-OH is 1. The van der Waals surface area contributed by atoms with Crippen molar-refractivity contribution in [2.75, 3.05) is 19.7 Å². The molecule has 5 N–H and O–H groups in total. The van der Waals surface area contributed by atoms with Crippen molar-refractivity contribution in [3.8, 4) is 5.75 Å². The highest BCUT2D eigenvalue weighted by molar-refractivity contribution is 7.14. The molecule has 0 aliphatic carbocycles. The van der Waals surface area contributed by atoms with Gasteiger partial charge in [0.25, 0.3) is 0 Å². The summed E-state index contributed by atoms with van der Waals surface area (Å²) in [7, 11) is 0. The van der Waals surface area contributed by atoms with Gasteiger partial charge in [0.05, 0.1) is 4.92 Å². The first-order chi connectivity index (χ1) is 16.0. The van der Waals surface area contributed by atoms with Crippen LogP contribution in [0.2, 0.25) is 0 Å². The number of nitrogens with one attached hydrogen (secondary N) is 1. The maximum Gasteiger partial charge on any atom is 0.353 e. The van der Waals surface area contributed by atoms with Crippen LogP contribution in [0.5, 0.6) is 5.75 Å². The summed E-state index contributed by atoms with van der Waals surface area (Å²) in [6, 6.07) is 6.48. The smallest absolute Gasteiger partial charge is 0.353 e. The number of carbonyl (C=O) groups excluding carboxylic acids is 2. The van der Waals surface area contributed by atoms with E-state index in [4.69, 9.17) is 26.1 Å². The highest BCUT2D eigenvalue weighted by Crippen LogP contribution is 2.30. The van der Waals surface area contributed by atoms with Gasteiger partial charge in [-0.15, -0.1) is 11.3 Å². The van der Waals surface area contributed by atoms with E-state index in [0.29, 0.717) is 4.88 Å². The van der Waals surface area contributed by atoms with Crippen molar-refractivity contribution in [3.05, 3.63) is 61.3 Å². The second-order valence-corrected chi connectivity index (χ2v) is 8.09. The molecule has 0 saturated carbocycles. The number of ether oxygens (including phenoxy) is 1. The quantitative estimate of drug-likeness (QED) is 0.0690. The van der Waals surface area contributed by atoms with Crippen molar-refractivity contribution in [3.63, 3.8) is 0 Å². The number of hydrogen-bond donors (Lipinski definition) is 4. The standard InChI is InChI=1S/C21H22N4O8S/c1-12(20(29)24(7-2-8-26)11-18(27)28)9-14-4-6-17(34-14)21(30)33-16-5-3-13(19(22)23)10-15(16)25(31)32/h3-6,9-10,26H,2,7-8,11H2,1H3,(H3,22,23)(H,27,28). The zero-order valence-electron chi connectivity index (χ0n) is 18.0. The number of carbonyl (C=O) groups is 3. The number of nitro benzene ring substituents is 1. The number of hydrogen-bond acceptors (Lipinski definition) is 9. The Labute approximate surface area is 197 Å². The third kappa shape index (κ3) is 6.95. The maximum absolute atomic E-state index is 12.6. The van der Waals surface area contributed by atoms with Gasteiger partial charge in [-0.25, -0.2) is 4.79 Å². The fourth-order valence-electron chi connectivity index (χ4n) is 2.81. The monoisotopic (exact) mass is 490 g/mol. The number of benzene rings is 1. The third-order valence-electron chi connectivity index (χ3n) is 4.39. The van der Waals surface area contributed by atoms with Gasteiger partial charge in [0.2, 0.25) is 11.7 Å². The number of nitrogens with two attached hydrogens (primary N) is 1. The molecule has 0 unspecified atom stereocenters. The summed E-state index contributed by atoms with van der Waals surface area (Å²) in [4.78, 5) is 48.4. The molecule has 0 aliphatic rings. The van der Waals surface area contributed by atoms with Crippen LogP contribution in [0.3, 0.4) is 0 Å². The Bertz CT molecular complexity index is 1160. The molecule has 0 fully saturated rings. The van der Waals surface area contributed by atoms with Crippen LogP contribution in [0.25, 0.3) is 6.08 Å². The minimum Gasteiger partial charge on any atom is -0.480 e. The number of amidine groups is 1. The Morgan fingerprint density at radius 3 is 2.59 bits per heavy atom. The number of carboxylic acid groups (broad SMARTS) is 1. The molecule has 2 rings (SSSR count). The molecule has 180 valence electrons. The van der Waals surface area contributed by atoms with Crippen molar-refractivity contribution in [2.24, 2.45) is 5.73 Å². The number of nitro groups is 1. The van der Waals surface area contributed by atoms with Crippen LogP contribution in [0.4, 0.5) is 5.69 Å². The highest BCUT2D eigenvalue weighted by Gasteiger charge is 2.22. The van der Waals surface area contributed by atoms with E-state index in [1.54, 1.807) is 6.07 Å². The SMILES string of the molecule is CC(=Cc1ccc(C(=O)Oc2ccc(C(=N)N)cc2[N+](=O)[O-])s1)C(=O)N(CCCO)CC(=O)O. The molecule has 1 aromatic heterocycles. The number of esters is 1. The second-order valence-electron chi connectivity index (χ2n) is 6.97. The molecule has 0 radical (unpaired) electrons. The Morgan fingerprint density at radius 1 is 1.29 bits per heavy atom. The molecular formula is C21H22N4O8S. The summed E-state index contributed by atoms with van der Waals surface area (Å²) in [5, 5.41) is 36.6. The Morgan fingerprint density at radius 2 is 2.00 bits per heavy atom. The van der Waals surface area contributed by atoms with Gasteiger partial charge in [0.15, 0.2) is 0 Å². The highest BCUT2D eigenvalue weighted by atomic mass is 32.1. The zero-order chi connectivity index (χ0) is 25.4. The molecule has 1 heterocycles. The molecule has 13 heteroatoms.